The Balaban J connectivity index is 2.34. The van der Waals surface area contributed by atoms with Crippen molar-refractivity contribution in [1.82, 2.24) is 9.21 Å². The number of carboxylic acid groups (broad SMARTS) is 1. The van der Waals surface area contributed by atoms with E-state index in [1.165, 1.54) is 18.7 Å². The molecule has 1 aromatic rings. The topological polar surface area (TPSA) is 95.0 Å². The first-order valence-corrected chi connectivity index (χ1v) is 9.41. The maximum atomic E-state index is 14.4. The molecule has 25 heavy (non-hydrogen) atoms. The summed E-state index contributed by atoms with van der Waals surface area (Å²) in [6.45, 7) is 3.44. The zero-order chi connectivity index (χ0) is 18.8. The minimum absolute atomic E-state index is 0.185. The Hall–Kier alpha value is -2.00. The highest BCUT2D eigenvalue weighted by molar-refractivity contribution is 7.89. The monoisotopic (exact) mass is 372 g/mol. The number of aliphatic carboxylic acids is 1. The summed E-state index contributed by atoms with van der Waals surface area (Å²) in [5.41, 5.74) is -0.185. The van der Waals surface area contributed by atoms with Gasteiger partial charge in [0.15, 0.2) is 0 Å². The molecule has 0 aliphatic carbocycles. The lowest BCUT2D eigenvalue weighted by atomic mass is 10.2. The number of sulfonamides is 1. The number of hydrogen-bond donors (Lipinski definition) is 1. The van der Waals surface area contributed by atoms with Gasteiger partial charge in [-0.2, -0.15) is 4.31 Å². The largest absolute Gasteiger partial charge is 0.480 e. The van der Waals surface area contributed by atoms with Crippen LogP contribution in [0, 0.1) is 5.82 Å². The van der Waals surface area contributed by atoms with E-state index in [9.17, 15) is 22.4 Å². The lowest BCUT2D eigenvalue weighted by molar-refractivity contribution is -0.137. The van der Waals surface area contributed by atoms with Crippen molar-refractivity contribution in [2.45, 2.75) is 37.6 Å². The fourth-order valence-corrected chi connectivity index (χ4v) is 4.33. The smallest absolute Gasteiger partial charge is 0.318 e. The molecule has 1 N–H and O–H groups in total. The van der Waals surface area contributed by atoms with E-state index in [0.717, 1.165) is 35.3 Å². The van der Waals surface area contributed by atoms with Crippen LogP contribution in [0.1, 0.15) is 37.0 Å². The number of benzene rings is 1. The van der Waals surface area contributed by atoms with Crippen LogP contribution < -0.4 is 0 Å². The van der Waals surface area contributed by atoms with Crippen molar-refractivity contribution in [2.75, 3.05) is 19.6 Å². The van der Waals surface area contributed by atoms with Gasteiger partial charge in [-0.15, -0.1) is 0 Å². The second-order valence-electron chi connectivity index (χ2n) is 6.18. The van der Waals surface area contributed by atoms with Gasteiger partial charge < -0.3 is 10.0 Å². The average Bonchev–Trinajstić information content (AvgIpc) is 3.05. The molecule has 0 bridgehead atoms. The Kier molecular flexibility index (Phi) is 5.79. The van der Waals surface area contributed by atoms with Crippen LogP contribution in [0.2, 0.25) is 0 Å². The summed E-state index contributed by atoms with van der Waals surface area (Å²) >= 11 is 0. The number of rotatable bonds is 6. The normalized spacial score (nSPS) is 15.2. The van der Waals surface area contributed by atoms with Gasteiger partial charge in [0.05, 0.1) is 10.5 Å². The van der Waals surface area contributed by atoms with Crippen molar-refractivity contribution in [1.29, 1.82) is 0 Å². The molecule has 1 aliphatic heterocycles. The van der Waals surface area contributed by atoms with E-state index in [1.807, 2.05) is 0 Å². The van der Waals surface area contributed by atoms with Gasteiger partial charge in [-0.3, -0.25) is 9.59 Å². The lowest BCUT2D eigenvalue weighted by Gasteiger charge is -2.24. The molecule has 9 heteroatoms. The van der Waals surface area contributed by atoms with Gasteiger partial charge in [0.1, 0.15) is 12.4 Å². The molecule has 1 amide bonds. The highest BCUT2D eigenvalue weighted by atomic mass is 32.2. The van der Waals surface area contributed by atoms with Gasteiger partial charge in [-0.1, -0.05) is 0 Å². The molecule has 138 valence electrons. The quantitative estimate of drug-likeness (QED) is 0.817. The van der Waals surface area contributed by atoms with Crippen molar-refractivity contribution < 1.29 is 27.5 Å². The van der Waals surface area contributed by atoms with Crippen LogP contribution in [-0.2, 0) is 14.8 Å². The van der Waals surface area contributed by atoms with Crippen LogP contribution >= 0.6 is 0 Å². The van der Waals surface area contributed by atoms with Gasteiger partial charge in [-0.05, 0) is 44.9 Å². The Bertz CT molecular complexity index is 773. The van der Waals surface area contributed by atoms with Gasteiger partial charge >= 0.3 is 5.97 Å². The summed E-state index contributed by atoms with van der Waals surface area (Å²) in [4.78, 5) is 24.3. The second kappa shape index (κ2) is 7.49. The zero-order valence-corrected chi connectivity index (χ0v) is 14.9. The maximum Gasteiger partial charge on any atom is 0.318 e. The molecule has 0 spiro atoms. The van der Waals surface area contributed by atoms with Crippen LogP contribution in [0.15, 0.2) is 23.1 Å². The molecule has 0 atom stereocenters. The molecule has 2 rings (SSSR count). The predicted molar refractivity (Wildman–Crippen MR) is 88.2 cm³/mol. The van der Waals surface area contributed by atoms with Crippen molar-refractivity contribution in [2.24, 2.45) is 0 Å². The molecular weight excluding hydrogens is 351 g/mol. The Morgan fingerprint density at radius 1 is 1.28 bits per heavy atom. The summed E-state index contributed by atoms with van der Waals surface area (Å²) in [6.07, 6.45) is 1.72. The Morgan fingerprint density at radius 2 is 1.88 bits per heavy atom. The minimum atomic E-state index is -4.19. The van der Waals surface area contributed by atoms with E-state index in [-0.39, 0.29) is 10.5 Å². The van der Waals surface area contributed by atoms with E-state index in [0.29, 0.717) is 13.1 Å². The van der Waals surface area contributed by atoms with Gasteiger partial charge in [0.2, 0.25) is 10.0 Å². The number of carbonyl (C=O) groups is 2. The second-order valence-corrected chi connectivity index (χ2v) is 8.07. The van der Waals surface area contributed by atoms with Crippen LogP contribution in [0.25, 0.3) is 0 Å². The number of nitrogens with zero attached hydrogens (tertiary/aromatic N) is 2. The Labute approximate surface area is 146 Å². The van der Waals surface area contributed by atoms with E-state index in [2.05, 4.69) is 0 Å². The van der Waals surface area contributed by atoms with Gasteiger partial charge in [0, 0.05) is 19.1 Å². The molecule has 1 heterocycles. The zero-order valence-electron chi connectivity index (χ0n) is 14.1. The molecule has 1 saturated heterocycles. The first-order chi connectivity index (χ1) is 11.6. The lowest BCUT2D eigenvalue weighted by Crippen LogP contribution is -2.40. The van der Waals surface area contributed by atoms with Crippen LogP contribution in [-0.4, -0.2) is 60.3 Å². The molecule has 0 saturated carbocycles. The summed E-state index contributed by atoms with van der Waals surface area (Å²) < 4.78 is 40.3. The molecule has 7 nitrogen and oxygen atoms in total. The molecule has 1 aromatic carbocycles. The molecule has 1 aliphatic rings. The fourth-order valence-electron chi connectivity index (χ4n) is 2.73. The fraction of sp³-hybridized carbons (Fsp3) is 0.500. The third-order valence-corrected chi connectivity index (χ3v) is 6.06. The van der Waals surface area contributed by atoms with Crippen molar-refractivity contribution >= 4 is 21.9 Å². The van der Waals surface area contributed by atoms with E-state index in [4.69, 9.17) is 5.11 Å². The molecule has 0 radical (unpaired) electrons. The highest BCUT2D eigenvalue weighted by Gasteiger charge is 2.30. The number of carbonyl (C=O) groups excluding carboxylic acids is 1. The summed E-state index contributed by atoms with van der Waals surface area (Å²) in [7, 11) is -4.19. The van der Waals surface area contributed by atoms with Crippen molar-refractivity contribution in [3.8, 4) is 0 Å². The number of hydrogen-bond acceptors (Lipinski definition) is 4. The van der Waals surface area contributed by atoms with Crippen LogP contribution in [0.4, 0.5) is 4.39 Å². The van der Waals surface area contributed by atoms with Gasteiger partial charge in [0.25, 0.3) is 5.91 Å². The van der Waals surface area contributed by atoms with E-state index in [1.54, 1.807) is 0 Å². The van der Waals surface area contributed by atoms with Crippen LogP contribution in [0.5, 0.6) is 0 Å². The molecule has 1 fully saturated rings. The molecule has 0 aromatic heterocycles. The highest BCUT2D eigenvalue weighted by Crippen LogP contribution is 2.22. The third-order valence-electron chi connectivity index (χ3n) is 4.04. The number of halogens is 1. The van der Waals surface area contributed by atoms with Crippen LogP contribution in [0.3, 0.4) is 0 Å². The first kappa shape index (κ1) is 19.3. The maximum absolute atomic E-state index is 14.4. The minimum Gasteiger partial charge on any atom is -0.480 e. The standard InChI is InChI=1S/C16H21FN2O5S/c1-11(2)19(10-15(20)21)25(23,24)12-5-6-13(14(17)9-12)16(22)18-7-3-4-8-18/h5-6,9,11H,3-4,7-8,10H2,1-2H3,(H,20,21). The van der Waals surface area contributed by atoms with E-state index >= 15 is 0 Å². The summed E-state index contributed by atoms with van der Waals surface area (Å²) in [5, 5.41) is 8.91. The molecular formula is C16H21FN2O5S. The Morgan fingerprint density at radius 3 is 2.36 bits per heavy atom. The number of carboxylic acids is 1. The SMILES string of the molecule is CC(C)N(CC(=O)O)S(=O)(=O)c1ccc(C(=O)N2CCCC2)c(F)c1. The van der Waals surface area contributed by atoms with Gasteiger partial charge in [-0.25, -0.2) is 12.8 Å². The van der Waals surface area contributed by atoms with Crippen molar-refractivity contribution in [3.63, 3.8) is 0 Å². The summed E-state index contributed by atoms with van der Waals surface area (Å²) in [5.74, 6) is -2.71. The first-order valence-electron chi connectivity index (χ1n) is 7.97. The predicted octanol–water partition coefficient (Wildman–Crippen LogP) is 1.55. The van der Waals surface area contributed by atoms with Crippen molar-refractivity contribution in [3.05, 3.63) is 29.6 Å². The average molecular weight is 372 g/mol. The third kappa shape index (κ3) is 4.16. The van der Waals surface area contributed by atoms with E-state index < -0.39 is 40.3 Å². The number of likely N-dealkylation sites (tertiary alicyclic amines) is 1. The summed E-state index contributed by atoms with van der Waals surface area (Å²) in [6, 6.07) is 2.44. The number of amides is 1. The molecule has 0 unspecified atom stereocenters.